The van der Waals surface area contributed by atoms with Crippen LogP contribution >= 0.6 is 0 Å². The van der Waals surface area contributed by atoms with Crippen LogP contribution in [0.5, 0.6) is 5.75 Å². The quantitative estimate of drug-likeness (QED) is 0.610. The largest absolute Gasteiger partial charge is 1.00 e. The van der Waals surface area contributed by atoms with Gasteiger partial charge in [-0.15, -0.1) is 0 Å². The second-order valence-electron chi connectivity index (χ2n) is 6.06. The van der Waals surface area contributed by atoms with Crippen LogP contribution in [-0.2, 0) is 7.05 Å². The number of nitrogens with zero attached hydrogens (tertiary/aromatic N) is 1. The summed E-state index contributed by atoms with van der Waals surface area (Å²) in [5.74, 6) is 1.12. The Balaban J connectivity index is 0.00000220. The topological polar surface area (TPSA) is 24.1 Å². The number of halogens is 1. The molecular formula is C18H24INO. The van der Waals surface area contributed by atoms with Crippen LogP contribution in [0.3, 0.4) is 0 Å². The van der Waals surface area contributed by atoms with Crippen molar-refractivity contribution in [3.63, 3.8) is 0 Å². The Morgan fingerprint density at radius 3 is 1.71 bits per heavy atom. The fraction of sp³-hybridized carbons (Fsp3) is 0.389. The summed E-state index contributed by atoms with van der Waals surface area (Å²) < 4.78 is 2.04. The lowest BCUT2D eigenvalue weighted by atomic mass is 9.85. The minimum absolute atomic E-state index is 0. The predicted octanol–water partition coefficient (Wildman–Crippen LogP) is 1.13. The SMILES string of the molecule is CC(C)c1cc(O)cc(C(C)C)c1-c1cc[n+](C)cc1.[I-]. The van der Waals surface area contributed by atoms with Gasteiger partial charge in [0.05, 0.1) is 0 Å². The van der Waals surface area contributed by atoms with Crippen molar-refractivity contribution < 1.29 is 33.7 Å². The second-order valence-corrected chi connectivity index (χ2v) is 6.06. The van der Waals surface area contributed by atoms with Gasteiger partial charge in [-0.25, -0.2) is 4.57 Å². The van der Waals surface area contributed by atoms with Gasteiger partial charge in [0.25, 0.3) is 0 Å². The van der Waals surface area contributed by atoms with Crippen LogP contribution in [0.25, 0.3) is 11.1 Å². The zero-order chi connectivity index (χ0) is 14.9. The number of rotatable bonds is 3. The van der Waals surface area contributed by atoms with Crippen molar-refractivity contribution in [1.82, 2.24) is 0 Å². The fourth-order valence-corrected chi connectivity index (χ4v) is 2.58. The van der Waals surface area contributed by atoms with E-state index in [1.807, 2.05) is 23.7 Å². The maximum atomic E-state index is 10.0. The normalized spacial score (nSPS) is 10.8. The van der Waals surface area contributed by atoms with Gasteiger partial charge in [0.1, 0.15) is 12.8 Å². The number of aromatic nitrogens is 1. The van der Waals surface area contributed by atoms with E-state index in [2.05, 4.69) is 52.2 Å². The molecule has 0 saturated heterocycles. The Hall–Kier alpha value is -1.10. The Morgan fingerprint density at radius 2 is 1.33 bits per heavy atom. The number of benzene rings is 1. The molecule has 3 heteroatoms. The first kappa shape index (κ1) is 18.0. The van der Waals surface area contributed by atoms with Crippen LogP contribution in [0.2, 0.25) is 0 Å². The highest BCUT2D eigenvalue weighted by molar-refractivity contribution is 5.73. The first-order chi connectivity index (χ1) is 9.40. The van der Waals surface area contributed by atoms with Crippen molar-refractivity contribution in [1.29, 1.82) is 0 Å². The molecule has 0 unspecified atom stereocenters. The van der Waals surface area contributed by atoms with E-state index in [1.165, 1.54) is 22.3 Å². The molecule has 0 radical (unpaired) electrons. The molecule has 1 heterocycles. The average Bonchev–Trinajstić information content (AvgIpc) is 2.38. The molecular weight excluding hydrogens is 373 g/mol. The fourth-order valence-electron chi connectivity index (χ4n) is 2.58. The van der Waals surface area contributed by atoms with Crippen LogP contribution in [0.1, 0.15) is 50.7 Å². The number of aryl methyl sites for hydroxylation is 1. The standard InChI is InChI=1S/C18H23NO.HI/c1-12(2)16-10-15(20)11-17(13(3)4)18(16)14-6-8-19(5)9-7-14;/h6-13H,1-5H3;1H. The van der Waals surface area contributed by atoms with Gasteiger partial charge in [-0.1, -0.05) is 27.7 Å². The first-order valence-electron chi connectivity index (χ1n) is 7.22. The zero-order valence-corrected chi connectivity index (χ0v) is 15.5. The van der Waals surface area contributed by atoms with Gasteiger partial charge in [0.2, 0.25) is 0 Å². The first-order valence-corrected chi connectivity index (χ1v) is 7.22. The molecule has 21 heavy (non-hydrogen) atoms. The van der Waals surface area contributed by atoms with E-state index in [0.717, 1.165) is 0 Å². The van der Waals surface area contributed by atoms with E-state index in [4.69, 9.17) is 0 Å². The molecule has 0 bridgehead atoms. The highest BCUT2D eigenvalue weighted by Crippen LogP contribution is 2.38. The molecule has 0 spiro atoms. The molecule has 1 aromatic carbocycles. The zero-order valence-electron chi connectivity index (χ0n) is 13.4. The Kier molecular flexibility index (Phi) is 6.20. The van der Waals surface area contributed by atoms with Crippen LogP contribution in [0.15, 0.2) is 36.7 Å². The lowest BCUT2D eigenvalue weighted by Crippen LogP contribution is -3.00. The molecule has 2 rings (SSSR count). The third kappa shape index (κ3) is 3.96. The smallest absolute Gasteiger partial charge is 0.169 e. The maximum absolute atomic E-state index is 10.0. The van der Waals surface area contributed by atoms with Crippen molar-refractivity contribution >= 4 is 0 Å². The summed E-state index contributed by atoms with van der Waals surface area (Å²) in [6, 6.07) is 8.09. The van der Waals surface area contributed by atoms with E-state index in [9.17, 15) is 5.11 Å². The third-order valence-corrected chi connectivity index (χ3v) is 3.70. The maximum Gasteiger partial charge on any atom is 0.169 e. The second kappa shape index (κ2) is 7.25. The third-order valence-electron chi connectivity index (χ3n) is 3.70. The summed E-state index contributed by atoms with van der Waals surface area (Å²) in [6.45, 7) is 8.69. The lowest BCUT2D eigenvalue weighted by molar-refractivity contribution is -0.671. The molecule has 0 fully saturated rings. The van der Waals surface area contributed by atoms with Gasteiger partial charge in [-0.2, -0.15) is 0 Å². The number of hydrogen-bond donors (Lipinski definition) is 1. The van der Waals surface area contributed by atoms with E-state index in [1.54, 1.807) is 0 Å². The number of phenolic OH excluding ortho intramolecular Hbond substituents is 1. The molecule has 0 saturated carbocycles. The molecule has 1 aromatic heterocycles. The van der Waals surface area contributed by atoms with E-state index in [-0.39, 0.29) is 24.0 Å². The molecule has 0 aliphatic carbocycles. The lowest BCUT2D eigenvalue weighted by Gasteiger charge is -2.20. The van der Waals surface area contributed by atoms with Gasteiger partial charge < -0.3 is 29.1 Å². The summed E-state index contributed by atoms with van der Waals surface area (Å²) in [5.41, 5.74) is 4.91. The molecule has 0 atom stereocenters. The van der Waals surface area contributed by atoms with Gasteiger partial charge in [-0.05, 0) is 46.2 Å². The van der Waals surface area contributed by atoms with Gasteiger partial charge in [0, 0.05) is 12.1 Å². The van der Waals surface area contributed by atoms with Crippen LogP contribution in [0, 0.1) is 0 Å². The molecule has 0 amide bonds. The van der Waals surface area contributed by atoms with Crippen molar-refractivity contribution in [3.8, 4) is 16.9 Å². The molecule has 0 aliphatic heterocycles. The Labute approximate surface area is 144 Å². The summed E-state index contributed by atoms with van der Waals surface area (Å²) >= 11 is 0. The highest BCUT2D eigenvalue weighted by Gasteiger charge is 2.17. The Morgan fingerprint density at radius 1 is 0.905 bits per heavy atom. The molecule has 1 N–H and O–H groups in total. The van der Waals surface area contributed by atoms with Crippen LogP contribution in [-0.4, -0.2) is 5.11 Å². The summed E-state index contributed by atoms with van der Waals surface area (Å²) in [5, 5.41) is 10.0. The van der Waals surface area contributed by atoms with E-state index < -0.39 is 0 Å². The monoisotopic (exact) mass is 397 g/mol. The molecule has 2 aromatic rings. The van der Waals surface area contributed by atoms with Crippen LogP contribution < -0.4 is 28.5 Å². The van der Waals surface area contributed by atoms with Crippen molar-refractivity contribution in [3.05, 3.63) is 47.8 Å². The van der Waals surface area contributed by atoms with Crippen LogP contribution in [0.4, 0.5) is 0 Å². The number of pyridine rings is 1. The number of hydrogen-bond acceptors (Lipinski definition) is 1. The summed E-state index contributed by atoms with van der Waals surface area (Å²) in [7, 11) is 2.02. The number of phenols is 1. The predicted molar refractivity (Wildman–Crippen MR) is 82.9 cm³/mol. The van der Waals surface area contributed by atoms with Crippen molar-refractivity contribution in [2.45, 2.75) is 39.5 Å². The molecule has 2 nitrogen and oxygen atoms in total. The summed E-state index contributed by atoms with van der Waals surface area (Å²) in [6.07, 6.45) is 4.13. The molecule has 0 aliphatic rings. The molecule has 114 valence electrons. The summed E-state index contributed by atoms with van der Waals surface area (Å²) in [4.78, 5) is 0. The van der Waals surface area contributed by atoms with Crippen molar-refractivity contribution in [2.24, 2.45) is 7.05 Å². The minimum Gasteiger partial charge on any atom is -1.00 e. The van der Waals surface area contributed by atoms with Gasteiger partial charge >= 0.3 is 0 Å². The Bertz CT molecular complexity index is 574. The minimum atomic E-state index is 0. The van der Waals surface area contributed by atoms with Gasteiger partial charge in [-0.3, -0.25) is 0 Å². The van der Waals surface area contributed by atoms with E-state index in [0.29, 0.717) is 17.6 Å². The number of aromatic hydroxyl groups is 1. The van der Waals surface area contributed by atoms with Gasteiger partial charge in [0.15, 0.2) is 12.4 Å². The average molecular weight is 397 g/mol. The van der Waals surface area contributed by atoms with Crippen molar-refractivity contribution in [2.75, 3.05) is 0 Å². The van der Waals surface area contributed by atoms with E-state index >= 15 is 0 Å². The highest BCUT2D eigenvalue weighted by atomic mass is 127.